The number of nitrogens with zero attached hydrogens (tertiary/aromatic N) is 1. The molecular weight excluding hydrogens is 422 g/mol. The zero-order valence-electron chi connectivity index (χ0n) is 16.9. The summed E-state index contributed by atoms with van der Waals surface area (Å²) in [5.41, 5.74) is 1.71. The Hall–Kier alpha value is -3.15. The number of thioether (sulfide) groups is 1. The molecule has 31 heavy (non-hydrogen) atoms. The first-order chi connectivity index (χ1) is 15.2. The molecule has 0 bridgehead atoms. The van der Waals surface area contributed by atoms with Crippen LogP contribution in [-0.4, -0.2) is 16.8 Å². The minimum atomic E-state index is -0.110. The molecule has 0 aromatic heterocycles. The Bertz CT molecular complexity index is 1370. The third-order valence-corrected chi connectivity index (χ3v) is 6.61. The van der Waals surface area contributed by atoms with Crippen LogP contribution in [0.15, 0.2) is 83.8 Å². The molecular formula is C26H19NO2S2. The second kappa shape index (κ2) is 8.17. The molecule has 5 heteroatoms. The first-order valence-electron chi connectivity index (χ1n) is 10.1. The predicted octanol–water partition coefficient (Wildman–Crippen LogP) is 6.80. The van der Waals surface area contributed by atoms with Crippen LogP contribution in [-0.2, 0) is 4.79 Å². The van der Waals surface area contributed by atoms with Gasteiger partial charge in [0.25, 0.3) is 5.91 Å². The van der Waals surface area contributed by atoms with Crippen molar-refractivity contribution in [2.45, 2.75) is 6.92 Å². The van der Waals surface area contributed by atoms with Gasteiger partial charge in [-0.1, -0.05) is 90.7 Å². The SMILES string of the molecule is CCOc1ccc2ccccc2c1/C=C1\SC(=S)N(c2cccc3ccccc23)C1=O. The lowest BCUT2D eigenvalue weighted by molar-refractivity contribution is -0.113. The number of anilines is 1. The standard InChI is InChI=1S/C26H19NO2S2/c1-2-29-23-15-14-18-9-3-5-11-19(18)21(23)16-24-25(28)27(26(30)31-24)22-13-7-10-17-8-4-6-12-20(17)22/h3-16H,2H2,1H3/b24-16-. The second-order valence-corrected chi connectivity index (χ2v) is 8.82. The lowest BCUT2D eigenvalue weighted by Crippen LogP contribution is -2.27. The van der Waals surface area contributed by atoms with Crippen LogP contribution in [0.5, 0.6) is 5.75 Å². The number of ether oxygens (including phenoxy) is 1. The van der Waals surface area contributed by atoms with Gasteiger partial charge in [-0.25, -0.2) is 0 Å². The highest BCUT2D eigenvalue weighted by molar-refractivity contribution is 8.27. The maximum absolute atomic E-state index is 13.5. The van der Waals surface area contributed by atoms with Crippen LogP contribution < -0.4 is 9.64 Å². The first kappa shape index (κ1) is 19.8. The number of rotatable bonds is 4. The van der Waals surface area contributed by atoms with Gasteiger partial charge >= 0.3 is 0 Å². The number of fused-ring (bicyclic) bond motifs is 2. The number of hydrogen-bond donors (Lipinski definition) is 0. The topological polar surface area (TPSA) is 29.5 Å². The highest BCUT2D eigenvalue weighted by atomic mass is 32.2. The molecule has 4 aromatic carbocycles. The molecule has 1 saturated heterocycles. The van der Waals surface area contributed by atoms with Crippen LogP contribution in [0.3, 0.4) is 0 Å². The van der Waals surface area contributed by atoms with Crippen molar-refractivity contribution in [2.75, 3.05) is 11.5 Å². The summed E-state index contributed by atoms with van der Waals surface area (Å²) in [7, 11) is 0. The van der Waals surface area contributed by atoms with E-state index < -0.39 is 0 Å². The number of hydrogen-bond acceptors (Lipinski definition) is 4. The zero-order chi connectivity index (χ0) is 21.4. The normalized spacial score (nSPS) is 15.4. The highest BCUT2D eigenvalue weighted by Crippen LogP contribution is 2.40. The Balaban J connectivity index is 1.63. The van der Waals surface area contributed by atoms with Crippen molar-refractivity contribution in [1.29, 1.82) is 0 Å². The van der Waals surface area contributed by atoms with E-state index in [1.54, 1.807) is 4.90 Å². The summed E-state index contributed by atoms with van der Waals surface area (Å²) in [5.74, 6) is 0.651. The van der Waals surface area contributed by atoms with Crippen LogP contribution in [0.25, 0.3) is 27.6 Å². The molecule has 1 aliphatic rings. The Morgan fingerprint density at radius 1 is 0.903 bits per heavy atom. The lowest BCUT2D eigenvalue weighted by atomic mass is 10.0. The maximum Gasteiger partial charge on any atom is 0.270 e. The molecule has 5 rings (SSSR count). The van der Waals surface area contributed by atoms with Gasteiger partial charge in [0, 0.05) is 10.9 Å². The van der Waals surface area contributed by atoms with Gasteiger partial charge in [-0.2, -0.15) is 0 Å². The number of benzene rings is 4. The minimum absolute atomic E-state index is 0.110. The molecule has 152 valence electrons. The molecule has 0 spiro atoms. The van der Waals surface area contributed by atoms with Crippen LogP contribution in [0.2, 0.25) is 0 Å². The van der Waals surface area contributed by atoms with Gasteiger partial charge in [0.2, 0.25) is 0 Å². The van der Waals surface area contributed by atoms with Crippen molar-refractivity contribution in [3.05, 3.63) is 89.3 Å². The highest BCUT2D eigenvalue weighted by Gasteiger charge is 2.34. The molecule has 1 amide bonds. The van der Waals surface area contributed by atoms with Crippen molar-refractivity contribution >= 4 is 67.5 Å². The molecule has 0 radical (unpaired) electrons. The number of carbonyl (C=O) groups is 1. The third kappa shape index (κ3) is 3.50. The van der Waals surface area contributed by atoms with E-state index in [1.165, 1.54) is 11.8 Å². The lowest BCUT2D eigenvalue weighted by Gasteiger charge is -2.17. The Kier molecular flexibility index (Phi) is 5.22. The summed E-state index contributed by atoms with van der Waals surface area (Å²) < 4.78 is 6.41. The van der Waals surface area contributed by atoms with Crippen molar-refractivity contribution in [3.8, 4) is 5.75 Å². The fourth-order valence-corrected chi connectivity index (χ4v) is 5.18. The molecule has 0 unspecified atom stereocenters. The monoisotopic (exact) mass is 441 g/mol. The minimum Gasteiger partial charge on any atom is -0.493 e. The molecule has 4 aromatic rings. The average molecular weight is 442 g/mol. The van der Waals surface area contributed by atoms with Crippen molar-refractivity contribution < 1.29 is 9.53 Å². The second-order valence-electron chi connectivity index (χ2n) is 7.15. The zero-order valence-corrected chi connectivity index (χ0v) is 18.5. The summed E-state index contributed by atoms with van der Waals surface area (Å²) >= 11 is 6.96. The largest absolute Gasteiger partial charge is 0.493 e. The van der Waals surface area contributed by atoms with Gasteiger partial charge in [0.1, 0.15) is 5.75 Å². The van der Waals surface area contributed by atoms with Gasteiger partial charge in [-0.15, -0.1) is 0 Å². The van der Waals surface area contributed by atoms with Gasteiger partial charge in [-0.3, -0.25) is 9.69 Å². The van der Waals surface area contributed by atoms with E-state index in [0.717, 1.165) is 38.5 Å². The predicted molar refractivity (Wildman–Crippen MR) is 135 cm³/mol. The van der Waals surface area contributed by atoms with E-state index in [0.29, 0.717) is 15.8 Å². The van der Waals surface area contributed by atoms with E-state index in [1.807, 2.05) is 79.7 Å². The summed E-state index contributed by atoms with van der Waals surface area (Å²) in [6.07, 6.45) is 1.91. The van der Waals surface area contributed by atoms with Crippen molar-refractivity contribution in [1.82, 2.24) is 0 Å². The van der Waals surface area contributed by atoms with Gasteiger partial charge < -0.3 is 4.74 Å². The van der Waals surface area contributed by atoms with Crippen molar-refractivity contribution in [2.24, 2.45) is 0 Å². The van der Waals surface area contributed by atoms with Gasteiger partial charge in [0.15, 0.2) is 4.32 Å². The van der Waals surface area contributed by atoms with E-state index in [4.69, 9.17) is 17.0 Å². The van der Waals surface area contributed by atoms with Crippen LogP contribution in [0, 0.1) is 0 Å². The van der Waals surface area contributed by atoms with Gasteiger partial charge in [0.05, 0.1) is 17.2 Å². The fourth-order valence-electron chi connectivity index (χ4n) is 3.92. The third-order valence-electron chi connectivity index (χ3n) is 5.31. The van der Waals surface area contributed by atoms with Crippen LogP contribution in [0.1, 0.15) is 12.5 Å². The Morgan fingerprint density at radius 2 is 1.58 bits per heavy atom. The van der Waals surface area contributed by atoms with Gasteiger partial charge in [-0.05, 0) is 41.3 Å². The smallest absolute Gasteiger partial charge is 0.270 e. The van der Waals surface area contributed by atoms with Crippen LogP contribution >= 0.6 is 24.0 Å². The number of amides is 1. The van der Waals surface area contributed by atoms with E-state index >= 15 is 0 Å². The van der Waals surface area contributed by atoms with Crippen LogP contribution in [0.4, 0.5) is 5.69 Å². The van der Waals surface area contributed by atoms with Crippen molar-refractivity contribution in [3.63, 3.8) is 0 Å². The number of thiocarbonyl (C=S) groups is 1. The summed E-state index contributed by atoms with van der Waals surface area (Å²) in [4.78, 5) is 15.7. The summed E-state index contributed by atoms with van der Waals surface area (Å²) in [6.45, 7) is 2.51. The molecule has 1 heterocycles. The Morgan fingerprint density at radius 3 is 2.35 bits per heavy atom. The molecule has 1 fully saturated rings. The molecule has 0 aliphatic carbocycles. The maximum atomic E-state index is 13.5. The molecule has 3 nitrogen and oxygen atoms in total. The molecule has 0 atom stereocenters. The summed E-state index contributed by atoms with van der Waals surface area (Å²) in [5, 5.41) is 4.22. The van der Waals surface area contributed by atoms with E-state index in [9.17, 15) is 4.79 Å². The number of carbonyl (C=O) groups excluding carboxylic acids is 1. The summed E-state index contributed by atoms with van der Waals surface area (Å²) in [6, 6.07) is 26.1. The average Bonchev–Trinajstić information content (AvgIpc) is 3.07. The molecule has 0 saturated carbocycles. The molecule has 1 aliphatic heterocycles. The quantitative estimate of drug-likeness (QED) is 0.257. The molecule has 0 N–H and O–H groups in total. The first-order valence-corrected chi connectivity index (χ1v) is 11.3. The van der Waals surface area contributed by atoms with E-state index in [2.05, 4.69) is 12.1 Å². The van der Waals surface area contributed by atoms with E-state index in [-0.39, 0.29) is 5.91 Å². The fraction of sp³-hybridized carbons (Fsp3) is 0.0769. The Labute approximate surface area is 190 Å².